The van der Waals surface area contributed by atoms with E-state index in [4.69, 9.17) is 4.74 Å². The van der Waals surface area contributed by atoms with Crippen LogP contribution in [0, 0.1) is 0 Å². The van der Waals surface area contributed by atoms with Crippen LogP contribution in [0.25, 0.3) is 0 Å². The van der Waals surface area contributed by atoms with Crippen molar-refractivity contribution < 1.29 is 4.74 Å². The molecule has 4 nitrogen and oxygen atoms in total. The van der Waals surface area contributed by atoms with Gasteiger partial charge in [0.25, 0.3) is 0 Å². The third-order valence-electron chi connectivity index (χ3n) is 3.04. The highest BCUT2D eigenvalue weighted by molar-refractivity contribution is 5.23. The number of hydrogen-bond acceptors (Lipinski definition) is 3. The molecular weight excluding hydrogens is 178 g/mol. The van der Waals surface area contributed by atoms with Crippen LogP contribution in [0.3, 0.4) is 0 Å². The average molecular weight is 193 g/mol. The van der Waals surface area contributed by atoms with E-state index >= 15 is 0 Å². The van der Waals surface area contributed by atoms with Crippen LogP contribution in [0.2, 0.25) is 0 Å². The summed E-state index contributed by atoms with van der Waals surface area (Å²) in [6, 6.07) is 0. The zero-order valence-electron chi connectivity index (χ0n) is 8.20. The van der Waals surface area contributed by atoms with E-state index in [1.165, 1.54) is 17.7 Å². The minimum absolute atomic E-state index is 0.227. The van der Waals surface area contributed by atoms with Crippen LogP contribution in [-0.4, -0.2) is 29.5 Å². The molecule has 2 aliphatic rings. The molecule has 0 amide bonds. The third kappa shape index (κ3) is 1.26. The molecule has 4 heteroatoms. The second-order valence-corrected chi connectivity index (χ2v) is 3.94. The number of fused-ring (bicyclic) bond motifs is 1. The molecular formula is C10H15N3O. The van der Waals surface area contributed by atoms with Gasteiger partial charge in [0.2, 0.25) is 0 Å². The lowest BCUT2D eigenvalue weighted by molar-refractivity contribution is 0.0272. The molecule has 1 fully saturated rings. The van der Waals surface area contributed by atoms with E-state index in [-0.39, 0.29) is 6.10 Å². The van der Waals surface area contributed by atoms with Gasteiger partial charge < -0.3 is 10.1 Å². The highest BCUT2D eigenvalue weighted by Gasteiger charge is 2.24. The molecule has 0 bridgehead atoms. The first-order valence-electron chi connectivity index (χ1n) is 5.32. The number of ether oxygens (including phenoxy) is 1. The Hall–Kier alpha value is -0.870. The molecule has 1 aromatic rings. The maximum Gasteiger partial charge on any atom is 0.0982 e. The molecule has 1 aromatic heterocycles. The fourth-order valence-corrected chi connectivity index (χ4v) is 2.32. The topological polar surface area (TPSA) is 39.1 Å². The van der Waals surface area contributed by atoms with Crippen molar-refractivity contribution in [1.29, 1.82) is 0 Å². The second kappa shape index (κ2) is 3.37. The fourth-order valence-electron chi connectivity index (χ4n) is 2.32. The molecule has 0 aromatic carbocycles. The summed E-state index contributed by atoms with van der Waals surface area (Å²) in [5.74, 6) is 0. The quantitative estimate of drug-likeness (QED) is 0.705. The van der Waals surface area contributed by atoms with Gasteiger partial charge in [-0.2, -0.15) is 5.10 Å². The zero-order valence-corrected chi connectivity index (χ0v) is 8.20. The molecule has 0 radical (unpaired) electrons. The first-order valence-corrected chi connectivity index (χ1v) is 5.32. The third-order valence-corrected chi connectivity index (χ3v) is 3.04. The van der Waals surface area contributed by atoms with E-state index in [1.54, 1.807) is 0 Å². The molecule has 1 N–H and O–H groups in total. The Bertz CT molecular complexity index is 328. The SMILES string of the molecule is c1nn2c(c1C1CNCCO1)CCC2. The van der Waals surface area contributed by atoms with Gasteiger partial charge in [0.05, 0.1) is 18.9 Å². The van der Waals surface area contributed by atoms with Crippen molar-refractivity contribution in [2.75, 3.05) is 19.7 Å². The number of nitrogens with zero attached hydrogens (tertiary/aromatic N) is 2. The van der Waals surface area contributed by atoms with Gasteiger partial charge in [0.15, 0.2) is 0 Å². The van der Waals surface area contributed by atoms with E-state index in [0.717, 1.165) is 32.7 Å². The number of nitrogens with one attached hydrogen (secondary N) is 1. The Kier molecular flexibility index (Phi) is 2.03. The molecule has 3 rings (SSSR count). The zero-order chi connectivity index (χ0) is 9.38. The van der Waals surface area contributed by atoms with Gasteiger partial charge in [0.1, 0.15) is 0 Å². The van der Waals surface area contributed by atoms with Crippen molar-refractivity contribution >= 4 is 0 Å². The van der Waals surface area contributed by atoms with Gasteiger partial charge >= 0.3 is 0 Å². The number of hydrogen-bond donors (Lipinski definition) is 1. The molecule has 76 valence electrons. The minimum Gasteiger partial charge on any atom is -0.371 e. The predicted molar refractivity (Wildman–Crippen MR) is 52.1 cm³/mol. The van der Waals surface area contributed by atoms with Crippen molar-refractivity contribution in [3.05, 3.63) is 17.5 Å². The van der Waals surface area contributed by atoms with Crippen LogP contribution >= 0.6 is 0 Å². The summed E-state index contributed by atoms with van der Waals surface area (Å²) >= 11 is 0. The number of aromatic nitrogens is 2. The summed E-state index contributed by atoms with van der Waals surface area (Å²) in [4.78, 5) is 0. The van der Waals surface area contributed by atoms with Crippen molar-refractivity contribution in [2.24, 2.45) is 0 Å². The summed E-state index contributed by atoms with van der Waals surface area (Å²) in [5.41, 5.74) is 2.69. The van der Waals surface area contributed by atoms with Crippen LogP contribution in [0.1, 0.15) is 23.8 Å². The van der Waals surface area contributed by atoms with Gasteiger partial charge in [-0.1, -0.05) is 0 Å². The molecule has 1 atom stereocenters. The first kappa shape index (κ1) is 8.44. The molecule has 1 saturated heterocycles. The summed E-state index contributed by atoms with van der Waals surface area (Å²) < 4.78 is 7.85. The molecule has 0 saturated carbocycles. The predicted octanol–water partition coefficient (Wildman–Crippen LogP) is 0.490. The lowest BCUT2D eigenvalue weighted by atomic mass is 10.1. The van der Waals surface area contributed by atoms with E-state index in [1.807, 2.05) is 6.20 Å². The highest BCUT2D eigenvalue weighted by Crippen LogP contribution is 2.26. The summed E-state index contributed by atoms with van der Waals surface area (Å²) in [6.07, 6.45) is 4.60. The van der Waals surface area contributed by atoms with Crippen LogP contribution < -0.4 is 5.32 Å². The standard InChI is InChI=1S/C10H15N3O/c1-2-9-8(6-12-13(9)4-1)10-7-11-3-5-14-10/h6,10-11H,1-5,7H2. The Morgan fingerprint density at radius 2 is 2.57 bits per heavy atom. The Morgan fingerprint density at radius 3 is 3.43 bits per heavy atom. The van der Waals surface area contributed by atoms with E-state index in [0.29, 0.717) is 0 Å². The van der Waals surface area contributed by atoms with Gasteiger partial charge in [-0.25, -0.2) is 0 Å². The van der Waals surface area contributed by atoms with Crippen LogP contribution in [0.15, 0.2) is 6.20 Å². The summed E-state index contributed by atoms with van der Waals surface area (Å²) in [6.45, 7) is 3.80. The monoisotopic (exact) mass is 193 g/mol. The maximum atomic E-state index is 5.73. The lowest BCUT2D eigenvalue weighted by Gasteiger charge is -2.23. The van der Waals surface area contributed by atoms with Crippen LogP contribution in [0.4, 0.5) is 0 Å². The van der Waals surface area contributed by atoms with Gasteiger partial charge in [-0.15, -0.1) is 0 Å². The van der Waals surface area contributed by atoms with E-state index < -0.39 is 0 Å². The normalized spacial score (nSPS) is 26.4. The molecule has 0 spiro atoms. The minimum atomic E-state index is 0.227. The summed E-state index contributed by atoms with van der Waals surface area (Å²) in [5, 5.41) is 7.73. The van der Waals surface area contributed by atoms with E-state index in [9.17, 15) is 0 Å². The van der Waals surface area contributed by atoms with Gasteiger partial charge in [-0.05, 0) is 12.8 Å². The van der Waals surface area contributed by atoms with Gasteiger partial charge in [-0.3, -0.25) is 4.68 Å². The second-order valence-electron chi connectivity index (χ2n) is 3.94. The molecule has 3 heterocycles. The lowest BCUT2D eigenvalue weighted by Crippen LogP contribution is -2.33. The molecule has 14 heavy (non-hydrogen) atoms. The molecule has 1 unspecified atom stereocenters. The highest BCUT2D eigenvalue weighted by atomic mass is 16.5. The van der Waals surface area contributed by atoms with Crippen LogP contribution in [-0.2, 0) is 17.7 Å². The Morgan fingerprint density at radius 1 is 1.57 bits per heavy atom. The maximum absolute atomic E-state index is 5.73. The molecule has 2 aliphatic heterocycles. The first-order chi connectivity index (χ1) is 6.95. The van der Waals surface area contributed by atoms with Crippen molar-refractivity contribution in [1.82, 2.24) is 15.1 Å². The number of morpholine rings is 1. The number of rotatable bonds is 1. The van der Waals surface area contributed by atoms with Crippen molar-refractivity contribution in [3.63, 3.8) is 0 Å². The van der Waals surface area contributed by atoms with Gasteiger partial charge in [0, 0.05) is 30.9 Å². The Labute approximate surface area is 83.2 Å². The van der Waals surface area contributed by atoms with Crippen LogP contribution in [0.5, 0.6) is 0 Å². The largest absolute Gasteiger partial charge is 0.371 e. The average Bonchev–Trinajstić information content (AvgIpc) is 2.79. The van der Waals surface area contributed by atoms with E-state index in [2.05, 4.69) is 15.1 Å². The Balaban J connectivity index is 1.88. The van der Waals surface area contributed by atoms with Crippen molar-refractivity contribution in [3.8, 4) is 0 Å². The number of aryl methyl sites for hydroxylation is 1. The fraction of sp³-hybridized carbons (Fsp3) is 0.700. The smallest absolute Gasteiger partial charge is 0.0982 e. The summed E-state index contributed by atoms with van der Waals surface area (Å²) in [7, 11) is 0. The molecule has 0 aliphatic carbocycles. The van der Waals surface area contributed by atoms with Crippen molar-refractivity contribution in [2.45, 2.75) is 25.5 Å².